The molecule has 29 heavy (non-hydrogen) atoms. The maximum absolute atomic E-state index is 12.5. The summed E-state index contributed by atoms with van der Waals surface area (Å²) in [5, 5.41) is 7.08. The lowest BCUT2D eigenvalue weighted by Crippen LogP contribution is -2.48. The number of aromatic nitrogens is 2. The molecule has 0 unspecified atom stereocenters. The second-order valence-electron chi connectivity index (χ2n) is 7.72. The fourth-order valence-electron chi connectivity index (χ4n) is 3.59. The highest BCUT2D eigenvalue weighted by atomic mass is 32.2. The Balaban J connectivity index is 1.61. The molecule has 8 nitrogen and oxygen atoms in total. The van der Waals surface area contributed by atoms with Gasteiger partial charge in [-0.05, 0) is 32.8 Å². The summed E-state index contributed by atoms with van der Waals surface area (Å²) in [6.07, 6.45) is 0.347. The van der Waals surface area contributed by atoms with Crippen molar-refractivity contribution in [2.75, 3.05) is 18.1 Å². The molecule has 0 radical (unpaired) electrons. The molecule has 1 aromatic carbocycles. The van der Waals surface area contributed by atoms with Crippen LogP contribution in [-0.2, 0) is 25.9 Å². The van der Waals surface area contributed by atoms with Crippen molar-refractivity contribution in [1.82, 2.24) is 15.1 Å². The zero-order valence-electron chi connectivity index (χ0n) is 16.8. The number of carbonyl (C=O) groups excluding carboxylic acids is 2. The van der Waals surface area contributed by atoms with Crippen LogP contribution in [0.1, 0.15) is 40.7 Å². The number of aryl methyl sites for hydroxylation is 1. The number of esters is 1. The van der Waals surface area contributed by atoms with Crippen LogP contribution in [0, 0.1) is 13.8 Å². The number of carbonyl (C=O) groups is 2. The minimum atomic E-state index is -3.14. The van der Waals surface area contributed by atoms with E-state index in [1.165, 1.54) is 0 Å². The van der Waals surface area contributed by atoms with Gasteiger partial charge in [-0.1, -0.05) is 30.3 Å². The van der Waals surface area contributed by atoms with Crippen LogP contribution in [0.15, 0.2) is 30.3 Å². The number of amides is 1. The predicted octanol–water partition coefficient (Wildman–Crippen LogP) is 1.40. The van der Waals surface area contributed by atoms with Crippen molar-refractivity contribution in [2.45, 2.75) is 39.3 Å². The number of sulfone groups is 1. The van der Waals surface area contributed by atoms with Crippen molar-refractivity contribution >= 4 is 21.7 Å². The first-order valence-electron chi connectivity index (χ1n) is 9.35. The summed E-state index contributed by atoms with van der Waals surface area (Å²) in [7, 11) is -3.14. The molecule has 3 rings (SSSR count). The minimum absolute atomic E-state index is 0.0442. The molecular formula is C20H25N3O5S. The van der Waals surface area contributed by atoms with Gasteiger partial charge in [-0.25, -0.2) is 13.2 Å². The van der Waals surface area contributed by atoms with Gasteiger partial charge in [-0.3, -0.25) is 9.48 Å². The van der Waals surface area contributed by atoms with Crippen molar-refractivity contribution in [3.05, 3.63) is 52.8 Å². The van der Waals surface area contributed by atoms with Gasteiger partial charge in [-0.15, -0.1) is 0 Å². The molecule has 0 aliphatic carbocycles. The van der Waals surface area contributed by atoms with E-state index in [9.17, 15) is 18.0 Å². The van der Waals surface area contributed by atoms with Crippen LogP contribution in [0.5, 0.6) is 0 Å². The normalized spacial score (nSPS) is 20.4. The van der Waals surface area contributed by atoms with Crippen molar-refractivity contribution in [3.63, 3.8) is 0 Å². The first-order valence-corrected chi connectivity index (χ1v) is 11.2. The predicted molar refractivity (Wildman–Crippen MR) is 107 cm³/mol. The van der Waals surface area contributed by atoms with E-state index >= 15 is 0 Å². The highest BCUT2D eigenvalue weighted by Crippen LogP contribution is 2.22. The molecule has 0 bridgehead atoms. The summed E-state index contributed by atoms with van der Waals surface area (Å²) in [6, 6.07) is 9.75. The molecule has 1 N–H and O–H groups in total. The SMILES string of the molecule is Cc1nn(Cc2ccccc2)c(C)c1C(=O)OCC(=O)N[C@@]1(C)CCS(=O)(=O)C1. The highest BCUT2D eigenvalue weighted by molar-refractivity contribution is 7.91. The fourth-order valence-corrected chi connectivity index (χ4v) is 5.68. The first kappa shape index (κ1) is 21.0. The minimum Gasteiger partial charge on any atom is -0.452 e. The molecule has 2 aromatic rings. The van der Waals surface area contributed by atoms with E-state index in [4.69, 9.17) is 4.74 Å². The molecule has 1 aromatic heterocycles. The Morgan fingerprint density at radius 1 is 1.24 bits per heavy atom. The van der Waals surface area contributed by atoms with E-state index in [0.29, 0.717) is 29.9 Å². The van der Waals surface area contributed by atoms with Gasteiger partial charge >= 0.3 is 5.97 Å². The lowest BCUT2D eigenvalue weighted by Gasteiger charge is -2.23. The molecule has 1 aliphatic heterocycles. The molecule has 2 heterocycles. The van der Waals surface area contributed by atoms with Crippen molar-refractivity contribution < 1.29 is 22.7 Å². The summed E-state index contributed by atoms with van der Waals surface area (Å²) in [5.41, 5.74) is 1.75. The van der Waals surface area contributed by atoms with E-state index in [0.717, 1.165) is 5.56 Å². The van der Waals surface area contributed by atoms with Crippen molar-refractivity contribution in [1.29, 1.82) is 0 Å². The topological polar surface area (TPSA) is 107 Å². The molecule has 1 saturated heterocycles. The Kier molecular flexibility index (Phi) is 5.79. The van der Waals surface area contributed by atoms with Crippen LogP contribution < -0.4 is 5.32 Å². The van der Waals surface area contributed by atoms with E-state index in [-0.39, 0.29) is 11.5 Å². The van der Waals surface area contributed by atoms with Crippen LogP contribution in [-0.4, -0.2) is 53.7 Å². The molecule has 9 heteroatoms. The van der Waals surface area contributed by atoms with Crippen LogP contribution in [0.2, 0.25) is 0 Å². The van der Waals surface area contributed by atoms with Gasteiger partial charge < -0.3 is 10.1 Å². The Hall–Kier alpha value is -2.68. The molecule has 0 saturated carbocycles. The average Bonchev–Trinajstić information content (AvgIpc) is 3.08. The lowest BCUT2D eigenvalue weighted by atomic mass is 10.0. The average molecular weight is 420 g/mol. The van der Waals surface area contributed by atoms with E-state index in [2.05, 4.69) is 10.4 Å². The summed E-state index contributed by atoms with van der Waals surface area (Å²) in [5.74, 6) is -1.21. The van der Waals surface area contributed by atoms with Gasteiger partial charge in [0.2, 0.25) is 0 Å². The van der Waals surface area contributed by atoms with Crippen LogP contribution in [0.3, 0.4) is 0 Å². The molecule has 1 aliphatic rings. The fraction of sp³-hybridized carbons (Fsp3) is 0.450. The summed E-state index contributed by atoms with van der Waals surface area (Å²) in [4.78, 5) is 24.7. The number of nitrogens with one attached hydrogen (secondary N) is 1. The molecular weight excluding hydrogens is 394 g/mol. The second kappa shape index (κ2) is 7.98. The Morgan fingerprint density at radius 3 is 2.55 bits per heavy atom. The van der Waals surface area contributed by atoms with Crippen molar-refractivity contribution in [3.8, 4) is 0 Å². The zero-order valence-corrected chi connectivity index (χ0v) is 17.6. The first-order chi connectivity index (χ1) is 13.6. The monoisotopic (exact) mass is 419 g/mol. The molecule has 0 spiro atoms. The van der Waals surface area contributed by atoms with Gasteiger partial charge in [0.1, 0.15) is 5.56 Å². The standard InChI is InChI=1S/C20H25N3O5S/c1-14-18(15(2)23(22-14)11-16-7-5-4-6-8-16)19(25)28-12-17(24)21-20(3)9-10-29(26,27)13-20/h4-8H,9-13H2,1-3H3,(H,21,24)/t20-/m0/s1. The number of ether oxygens (including phenoxy) is 1. The van der Waals surface area contributed by atoms with Gasteiger partial charge in [0, 0.05) is 0 Å². The Bertz CT molecular complexity index is 1030. The van der Waals surface area contributed by atoms with Crippen LogP contribution in [0.4, 0.5) is 0 Å². The summed E-state index contributed by atoms with van der Waals surface area (Å²) in [6.45, 7) is 5.23. The maximum atomic E-state index is 12.5. The smallest absolute Gasteiger partial charge is 0.342 e. The molecule has 156 valence electrons. The van der Waals surface area contributed by atoms with E-state index < -0.39 is 33.9 Å². The van der Waals surface area contributed by atoms with Gasteiger partial charge in [0.25, 0.3) is 5.91 Å². The number of nitrogens with zero attached hydrogens (tertiary/aromatic N) is 2. The zero-order chi connectivity index (χ0) is 21.2. The van der Waals surface area contributed by atoms with Crippen LogP contribution in [0.25, 0.3) is 0 Å². The highest BCUT2D eigenvalue weighted by Gasteiger charge is 2.39. The summed E-state index contributed by atoms with van der Waals surface area (Å²) < 4.78 is 30.2. The molecule has 1 atom stereocenters. The Labute approximate surface area is 170 Å². The van der Waals surface area contributed by atoms with E-state index in [1.54, 1.807) is 25.5 Å². The lowest BCUT2D eigenvalue weighted by molar-refractivity contribution is -0.125. The third kappa shape index (κ3) is 5.03. The van der Waals surface area contributed by atoms with Gasteiger partial charge in [0.15, 0.2) is 16.4 Å². The van der Waals surface area contributed by atoms with Crippen LogP contribution >= 0.6 is 0 Å². The second-order valence-corrected chi connectivity index (χ2v) is 9.90. The number of rotatable bonds is 6. The third-order valence-electron chi connectivity index (χ3n) is 5.04. The quantitative estimate of drug-likeness (QED) is 0.709. The van der Waals surface area contributed by atoms with Gasteiger partial charge in [0.05, 0.1) is 35.0 Å². The number of hydrogen-bond donors (Lipinski definition) is 1. The number of hydrogen-bond acceptors (Lipinski definition) is 6. The van der Waals surface area contributed by atoms with Crippen molar-refractivity contribution in [2.24, 2.45) is 0 Å². The summed E-state index contributed by atoms with van der Waals surface area (Å²) >= 11 is 0. The van der Waals surface area contributed by atoms with Gasteiger partial charge in [-0.2, -0.15) is 5.10 Å². The molecule has 1 fully saturated rings. The van der Waals surface area contributed by atoms with E-state index in [1.807, 2.05) is 30.3 Å². The third-order valence-corrected chi connectivity index (χ3v) is 6.94. The largest absolute Gasteiger partial charge is 0.452 e. The molecule has 1 amide bonds. The Morgan fingerprint density at radius 2 is 1.93 bits per heavy atom. The maximum Gasteiger partial charge on any atom is 0.342 e. The number of benzene rings is 1.